The van der Waals surface area contributed by atoms with E-state index in [4.69, 9.17) is 0 Å². The number of aldehydes is 2. The van der Waals surface area contributed by atoms with Crippen LogP contribution in [-0.2, 0) is 27.8 Å². The Morgan fingerprint density at radius 1 is 0.516 bits per heavy atom. The van der Waals surface area contributed by atoms with Crippen molar-refractivity contribution >= 4 is 12.6 Å². The minimum absolute atomic E-state index is 0.402. The Labute approximate surface area is 181 Å². The van der Waals surface area contributed by atoms with Gasteiger partial charge in [0.15, 0.2) is 0 Å². The zero-order valence-corrected chi connectivity index (χ0v) is 17.0. The molecule has 0 fully saturated rings. The van der Waals surface area contributed by atoms with E-state index in [-0.39, 0.29) is 0 Å². The Morgan fingerprint density at radius 2 is 0.935 bits per heavy atom. The summed E-state index contributed by atoms with van der Waals surface area (Å²) in [6.07, 6.45) is 2.74. The summed E-state index contributed by atoms with van der Waals surface area (Å²) in [5, 5.41) is 0. The van der Waals surface area contributed by atoms with E-state index in [9.17, 15) is 9.59 Å². The zero-order valence-electron chi connectivity index (χ0n) is 17.0. The van der Waals surface area contributed by atoms with E-state index in [1.54, 1.807) is 0 Å². The number of benzene rings is 4. The molecule has 0 N–H and O–H groups in total. The summed E-state index contributed by atoms with van der Waals surface area (Å²) in [5.41, 5.74) is 11.5. The second kappa shape index (κ2) is 6.61. The maximum Gasteiger partial charge on any atom is 0.124 e. The summed E-state index contributed by atoms with van der Waals surface area (Å²) in [4.78, 5) is 22.6. The van der Waals surface area contributed by atoms with Crippen molar-refractivity contribution in [3.63, 3.8) is 0 Å². The average Bonchev–Trinajstić information content (AvgIpc) is 3.26. The summed E-state index contributed by atoms with van der Waals surface area (Å²) in [5.74, 6) is 0. The second-order valence-corrected chi connectivity index (χ2v) is 8.34. The van der Waals surface area contributed by atoms with Gasteiger partial charge in [0.25, 0.3) is 0 Å². The first kappa shape index (κ1) is 18.0. The molecule has 0 unspecified atom stereocenters. The minimum atomic E-state index is -0.435. The predicted octanol–water partition coefficient (Wildman–Crippen LogP) is 5.51. The highest BCUT2D eigenvalue weighted by Gasteiger charge is 2.51. The standard InChI is InChI=1S/C29H20O2/c30-15-13-19-9-11-23-21-5-1-3-7-25(21)29(27(23)17-19)26-8-4-2-6-22(26)24-12-10-20(14-16-31)18-28(24)29/h1-12,15-18H,13-14H2. The molecule has 4 aromatic carbocycles. The van der Waals surface area contributed by atoms with Gasteiger partial charge < -0.3 is 9.59 Å². The highest BCUT2D eigenvalue weighted by molar-refractivity contribution is 5.95. The molecule has 31 heavy (non-hydrogen) atoms. The summed E-state index contributed by atoms with van der Waals surface area (Å²) < 4.78 is 0. The van der Waals surface area contributed by atoms with Gasteiger partial charge in [0.2, 0.25) is 0 Å². The van der Waals surface area contributed by atoms with Crippen molar-refractivity contribution in [3.8, 4) is 22.3 Å². The average molecular weight is 400 g/mol. The van der Waals surface area contributed by atoms with Gasteiger partial charge in [-0.3, -0.25) is 0 Å². The molecule has 0 saturated heterocycles. The Kier molecular flexibility index (Phi) is 3.85. The first-order chi connectivity index (χ1) is 15.3. The molecule has 0 aliphatic heterocycles. The van der Waals surface area contributed by atoms with Crippen LogP contribution in [0.5, 0.6) is 0 Å². The van der Waals surface area contributed by atoms with Crippen LogP contribution in [0, 0.1) is 0 Å². The minimum Gasteiger partial charge on any atom is -0.303 e. The van der Waals surface area contributed by atoms with Crippen LogP contribution < -0.4 is 0 Å². The van der Waals surface area contributed by atoms with Crippen molar-refractivity contribution in [1.29, 1.82) is 0 Å². The molecule has 2 nitrogen and oxygen atoms in total. The summed E-state index contributed by atoms with van der Waals surface area (Å²) in [6, 6.07) is 30.1. The van der Waals surface area contributed by atoms with Gasteiger partial charge >= 0.3 is 0 Å². The maximum absolute atomic E-state index is 11.3. The van der Waals surface area contributed by atoms with E-state index < -0.39 is 5.41 Å². The van der Waals surface area contributed by atoms with Crippen LogP contribution in [0.25, 0.3) is 22.3 Å². The van der Waals surface area contributed by atoms with Crippen LogP contribution in [0.2, 0.25) is 0 Å². The number of hydrogen-bond donors (Lipinski definition) is 0. The summed E-state index contributed by atoms with van der Waals surface area (Å²) in [6.45, 7) is 0. The lowest BCUT2D eigenvalue weighted by molar-refractivity contribution is -0.108. The molecule has 0 aromatic heterocycles. The Morgan fingerprint density at radius 3 is 1.39 bits per heavy atom. The normalized spacial score (nSPS) is 13.9. The Hall–Kier alpha value is -3.78. The number of fused-ring (bicyclic) bond motifs is 10. The Balaban J connectivity index is 1.78. The van der Waals surface area contributed by atoms with Gasteiger partial charge in [0, 0.05) is 12.8 Å². The van der Waals surface area contributed by atoms with Crippen LogP contribution in [0.4, 0.5) is 0 Å². The molecule has 2 aliphatic carbocycles. The number of carbonyl (C=O) groups excluding carboxylic acids is 2. The highest BCUT2D eigenvalue weighted by Crippen LogP contribution is 2.62. The number of hydrogen-bond acceptors (Lipinski definition) is 2. The third-order valence-corrected chi connectivity index (χ3v) is 6.86. The van der Waals surface area contributed by atoms with Gasteiger partial charge in [-0.15, -0.1) is 0 Å². The molecule has 0 bridgehead atoms. The lowest BCUT2D eigenvalue weighted by Gasteiger charge is -2.31. The zero-order chi connectivity index (χ0) is 21.0. The lowest BCUT2D eigenvalue weighted by atomic mass is 9.70. The fourth-order valence-corrected chi connectivity index (χ4v) is 5.68. The molecule has 0 atom stereocenters. The topological polar surface area (TPSA) is 34.1 Å². The molecular formula is C29H20O2. The van der Waals surface area contributed by atoms with Gasteiger partial charge in [-0.2, -0.15) is 0 Å². The first-order valence-corrected chi connectivity index (χ1v) is 10.6. The Bertz CT molecular complexity index is 1270. The van der Waals surface area contributed by atoms with Crippen LogP contribution in [0.1, 0.15) is 33.4 Å². The summed E-state index contributed by atoms with van der Waals surface area (Å²) in [7, 11) is 0. The van der Waals surface area contributed by atoms with Gasteiger partial charge in [0.05, 0.1) is 5.41 Å². The van der Waals surface area contributed by atoms with E-state index in [0.29, 0.717) is 12.8 Å². The highest BCUT2D eigenvalue weighted by atomic mass is 16.1. The van der Waals surface area contributed by atoms with E-state index in [2.05, 4.69) is 84.9 Å². The van der Waals surface area contributed by atoms with Crippen molar-refractivity contribution in [2.45, 2.75) is 18.3 Å². The third kappa shape index (κ3) is 2.28. The molecule has 0 radical (unpaired) electrons. The van der Waals surface area contributed by atoms with Crippen molar-refractivity contribution in [2.75, 3.05) is 0 Å². The molecule has 1 spiro atoms. The van der Waals surface area contributed by atoms with Crippen LogP contribution >= 0.6 is 0 Å². The van der Waals surface area contributed by atoms with Gasteiger partial charge in [-0.1, -0.05) is 84.9 Å². The van der Waals surface area contributed by atoms with Crippen LogP contribution in [-0.4, -0.2) is 12.6 Å². The third-order valence-electron chi connectivity index (χ3n) is 6.86. The van der Waals surface area contributed by atoms with Crippen molar-refractivity contribution in [3.05, 3.63) is 118 Å². The van der Waals surface area contributed by atoms with Crippen molar-refractivity contribution in [2.24, 2.45) is 0 Å². The molecule has 0 heterocycles. The lowest BCUT2D eigenvalue weighted by Crippen LogP contribution is -2.26. The van der Waals surface area contributed by atoms with Crippen LogP contribution in [0.3, 0.4) is 0 Å². The van der Waals surface area contributed by atoms with Crippen LogP contribution in [0.15, 0.2) is 84.9 Å². The van der Waals surface area contributed by atoms with Gasteiger partial charge in [-0.25, -0.2) is 0 Å². The molecule has 2 aliphatic rings. The largest absolute Gasteiger partial charge is 0.303 e. The smallest absolute Gasteiger partial charge is 0.124 e. The monoisotopic (exact) mass is 400 g/mol. The molecule has 2 heteroatoms. The molecule has 4 aromatic rings. The molecule has 6 rings (SSSR count). The van der Waals surface area contributed by atoms with Gasteiger partial charge in [-0.05, 0) is 55.6 Å². The fraction of sp³-hybridized carbons (Fsp3) is 0.103. The van der Waals surface area contributed by atoms with Gasteiger partial charge in [0.1, 0.15) is 12.6 Å². The maximum atomic E-state index is 11.3. The second-order valence-electron chi connectivity index (χ2n) is 8.34. The fourth-order valence-electron chi connectivity index (χ4n) is 5.68. The molecule has 0 amide bonds. The van der Waals surface area contributed by atoms with Crippen molar-refractivity contribution < 1.29 is 9.59 Å². The quantitative estimate of drug-likeness (QED) is 0.366. The molecule has 0 saturated carbocycles. The first-order valence-electron chi connectivity index (χ1n) is 10.6. The van der Waals surface area contributed by atoms with E-state index in [1.165, 1.54) is 44.5 Å². The summed E-state index contributed by atoms with van der Waals surface area (Å²) >= 11 is 0. The molecule has 148 valence electrons. The predicted molar refractivity (Wildman–Crippen MR) is 122 cm³/mol. The van der Waals surface area contributed by atoms with E-state index >= 15 is 0 Å². The van der Waals surface area contributed by atoms with E-state index in [1.807, 2.05) is 0 Å². The van der Waals surface area contributed by atoms with E-state index in [0.717, 1.165) is 23.7 Å². The molecular weight excluding hydrogens is 380 g/mol. The SMILES string of the molecule is O=CCc1ccc2c(c1)C1(c3ccccc3-2)c2ccccc2-c2ccc(CC=O)cc21. The van der Waals surface area contributed by atoms with Crippen molar-refractivity contribution in [1.82, 2.24) is 0 Å². The number of rotatable bonds is 4. The number of carbonyl (C=O) groups is 2.